The Bertz CT molecular complexity index is 1170. The number of carbonyl (C=O) groups is 2. The third-order valence-electron chi connectivity index (χ3n) is 6.77. The average molecular weight is 533 g/mol. The number of hydrogen-bond donors (Lipinski definition) is 1. The Kier molecular flexibility index (Phi) is 8.13. The molecule has 2 aromatic rings. The fourth-order valence-corrected chi connectivity index (χ4v) is 5.54. The fraction of sp³-hybridized carbons (Fsp3) is 0.407. The van der Waals surface area contributed by atoms with Crippen LogP contribution in [0, 0.1) is 0 Å². The van der Waals surface area contributed by atoms with Crippen molar-refractivity contribution in [2.45, 2.75) is 38.8 Å². The Morgan fingerprint density at radius 3 is 2.44 bits per heavy atom. The molecule has 2 aromatic carbocycles. The van der Waals surface area contributed by atoms with Gasteiger partial charge >= 0.3 is 0 Å². The highest BCUT2D eigenvalue weighted by molar-refractivity contribution is 6.46. The number of methoxy groups -OCH3 is 1. The number of anilines is 1. The average Bonchev–Trinajstić information content (AvgIpc) is 3.47. The van der Waals surface area contributed by atoms with Crippen LogP contribution < -0.4 is 9.64 Å². The molecule has 2 aliphatic heterocycles. The summed E-state index contributed by atoms with van der Waals surface area (Å²) in [6.07, 6.45) is 1.53. The minimum atomic E-state index is -0.803. The van der Waals surface area contributed by atoms with E-state index in [4.69, 9.17) is 32.7 Å². The van der Waals surface area contributed by atoms with E-state index < -0.39 is 17.7 Å². The number of aliphatic hydroxyl groups excluding tert-OH is 1. The van der Waals surface area contributed by atoms with E-state index in [1.54, 1.807) is 0 Å². The number of likely N-dealkylation sites (tertiary alicyclic amines) is 1. The van der Waals surface area contributed by atoms with E-state index >= 15 is 0 Å². The van der Waals surface area contributed by atoms with Gasteiger partial charge in [-0.1, -0.05) is 35.3 Å². The van der Waals surface area contributed by atoms with Gasteiger partial charge in [-0.2, -0.15) is 0 Å². The Labute approximate surface area is 221 Å². The maximum absolute atomic E-state index is 13.4. The zero-order chi connectivity index (χ0) is 26.0. The molecule has 192 valence electrons. The minimum Gasteiger partial charge on any atom is -0.507 e. The third-order valence-corrected chi connectivity index (χ3v) is 7.27. The molecular weight excluding hydrogens is 503 g/mol. The highest BCUT2D eigenvalue weighted by Gasteiger charge is 2.47. The fourth-order valence-electron chi connectivity index (χ4n) is 4.97. The monoisotopic (exact) mass is 532 g/mol. The summed E-state index contributed by atoms with van der Waals surface area (Å²) in [6, 6.07) is 9.86. The Hall–Kier alpha value is -2.74. The van der Waals surface area contributed by atoms with E-state index in [2.05, 4.69) is 18.7 Å². The Morgan fingerprint density at radius 1 is 1.17 bits per heavy atom. The van der Waals surface area contributed by atoms with Crippen LogP contribution in [0.5, 0.6) is 5.75 Å². The largest absolute Gasteiger partial charge is 0.507 e. The molecule has 36 heavy (non-hydrogen) atoms. The van der Waals surface area contributed by atoms with Crippen LogP contribution in [0.15, 0.2) is 42.0 Å². The third kappa shape index (κ3) is 4.92. The quantitative estimate of drug-likeness (QED) is 0.276. The van der Waals surface area contributed by atoms with E-state index in [1.165, 1.54) is 24.1 Å². The zero-order valence-corrected chi connectivity index (χ0v) is 22.1. The van der Waals surface area contributed by atoms with Crippen molar-refractivity contribution in [3.05, 3.63) is 63.1 Å². The first-order valence-electron chi connectivity index (χ1n) is 12.1. The molecule has 7 nitrogen and oxygen atoms in total. The van der Waals surface area contributed by atoms with Crippen LogP contribution in [0.2, 0.25) is 10.0 Å². The van der Waals surface area contributed by atoms with Gasteiger partial charge in [0.15, 0.2) is 0 Å². The van der Waals surface area contributed by atoms with Gasteiger partial charge in [-0.3, -0.25) is 9.59 Å². The number of nitrogens with zero attached hydrogens (tertiary/aromatic N) is 2. The summed E-state index contributed by atoms with van der Waals surface area (Å²) < 4.78 is 11.2. The minimum absolute atomic E-state index is 0.0368. The van der Waals surface area contributed by atoms with Crippen molar-refractivity contribution >= 4 is 46.3 Å². The number of halogens is 2. The molecule has 1 amide bonds. The lowest BCUT2D eigenvalue weighted by atomic mass is 9.94. The van der Waals surface area contributed by atoms with Crippen LogP contribution >= 0.6 is 23.2 Å². The van der Waals surface area contributed by atoms with Crippen molar-refractivity contribution < 1.29 is 24.2 Å². The van der Waals surface area contributed by atoms with Crippen LogP contribution in [-0.4, -0.2) is 61.2 Å². The summed E-state index contributed by atoms with van der Waals surface area (Å²) >= 11 is 12.5. The normalized spacial score (nSPS) is 21.3. The number of hydrogen-bond acceptors (Lipinski definition) is 6. The molecule has 2 heterocycles. The summed E-state index contributed by atoms with van der Waals surface area (Å²) in [7, 11) is 1.41. The molecule has 0 saturated carbocycles. The zero-order valence-electron chi connectivity index (χ0n) is 20.6. The lowest BCUT2D eigenvalue weighted by molar-refractivity contribution is -0.140. The standard InChI is InChI=1S/C27H30Cl2N2O5/c1-4-30(5-2)18-10-8-16(9-11-18)23-22(24(32)20-13-17(28)14-21(29)26(20)35-3)25(33)27(34)31(23)15-19-7-6-12-36-19/h8-11,13-14,19,23,32H,4-7,12,15H2,1-3H3/b24-22+. The van der Waals surface area contributed by atoms with Crippen molar-refractivity contribution in [1.29, 1.82) is 0 Å². The van der Waals surface area contributed by atoms with Gasteiger partial charge in [-0.15, -0.1) is 0 Å². The van der Waals surface area contributed by atoms with Gasteiger partial charge in [-0.05, 0) is 56.5 Å². The molecule has 0 aliphatic carbocycles. The molecule has 0 bridgehead atoms. The number of Topliss-reactive ketones (excluding diaryl/α,β-unsaturated/α-hetero) is 1. The lowest BCUT2D eigenvalue weighted by Gasteiger charge is -2.28. The van der Waals surface area contributed by atoms with Gasteiger partial charge in [0.2, 0.25) is 0 Å². The van der Waals surface area contributed by atoms with E-state index in [0.29, 0.717) is 12.2 Å². The molecule has 1 N–H and O–H groups in total. The van der Waals surface area contributed by atoms with Crippen LogP contribution in [0.4, 0.5) is 5.69 Å². The van der Waals surface area contributed by atoms with Crippen molar-refractivity contribution in [1.82, 2.24) is 4.90 Å². The van der Waals surface area contributed by atoms with Crippen LogP contribution in [0.3, 0.4) is 0 Å². The van der Waals surface area contributed by atoms with E-state index in [-0.39, 0.29) is 45.3 Å². The number of benzene rings is 2. The van der Waals surface area contributed by atoms with E-state index in [0.717, 1.165) is 31.6 Å². The molecule has 2 fully saturated rings. The highest BCUT2D eigenvalue weighted by Crippen LogP contribution is 2.44. The number of amides is 1. The first-order valence-corrected chi connectivity index (χ1v) is 12.8. The summed E-state index contributed by atoms with van der Waals surface area (Å²) in [6.45, 7) is 6.73. The SMILES string of the molecule is CCN(CC)c1ccc(C2/C(=C(\O)c3cc(Cl)cc(Cl)c3OC)C(=O)C(=O)N2CC2CCCO2)cc1. The summed E-state index contributed by atoms with van der Waals surface area (Å²) in [4.78, 5) is 30.3. The van der Waals surface area contributed by atoms with Gasteiger partial charge in [0.1, 0.15) is 11.5 Å². The molecule has 2 atom stereocenters. The second kappa shape index (κ2) is 11.1. The molecule has 2 saturated heterocycles. The molecule has 4 rings (SSSR count). The number of ketones is 1. The van der Waals surface area contributed by atoms with Gasteiger partial charge < -0.3 is 24.4 Å². The van der Waals surface area contributed by atoms with E-state index in [1.807, 2.05) is 24.3 Å². The van der Waals surface area contributed by atoms with Crippen LogP contribution in [-0.2, 0) is 14.3 Å². The molecule has 9 heteroatoms. The van der Waals surface area contributed by atoms with Gasteiger partial charge in [0, 0.05) is 37.0 Å². The van der Waals surface area contributed by atoms with Crippen molar-refractivity contribution in [2.75, 3.05) is 38.3 Å². The molecule has 0 spiro atoms. The molecule has 2 unspecified atom stereocenters. The predicted octanol–water partition coefficient (Wildman–Crippen LogP) is 5.45. The molecule has 0 aromatic heterocycles. The van der Waals surface area contributed by atoms with Crippen LogP contribution in [0.1, 0.15) is 43.9 Å². The maximum atomic E-state index is 13.4. The van der Waals surface area contributed by atoms with Gasteiger partial charge in [0.05, 0.1) is 35.4 Å². The number of carbonyl (C=O) groups excluding carboxylic acids is 2. The lowest BCUT2D eigenvalue weighted by Crippen LogP contribution is -2.36. The summed E-state index contributed by atoms with van der Waals surface area (Å²) in [5.41, 5.74) is 1.85. The number of aliphatic hydroxyl groups is 1. The van der Waals surface area contributed by atoms with Crippen molar-refractivity contribution in [3.8, 4) is 5.75 Å². The second-order valence-corrected chi connectivity index (χ2v) is 9.66. The topological polar surface area (TPSA) is 79.3 Å². The maximum Gasteiger partial charge on any atom is 0.295 e. The molecular formula is C27H30Cl2N2O5. The highest BCUT2D eigenvalue weighted by atomic mass is 35.5. The second-order valence-electron chi connectivity index (χ2n) is 8.82. The first kappa shape index (κ1) is 26.3. The molecule has 0 radical (unpaired) electrons. The number of ether oxygens (including phenoxy) is 2. The van der Waals surface area contributed by atoms with Crippen molar-refractivity contribution in [3.63, 3.8) is 0 Å². The number of rotatable bonds is 8. The first-order chi connectivity index (χ1) is 17.3. The smallest absolute Gasteiger partial charge is 0.295 e. The summed E-state index contributed by atoms with van der Waals surface area (Å²) in [5.74, 6) is -1.68. The van der Waals surface area contributed by atoms with Crippen LogP contribution in [0.25, 0.3) is 5.76 Å². The molecule has 2 aliphatic rings. The Morgan fingerprint density at radius 2 is 1.86 bits per heavy atom. The van der Waals surface area contributed by atoms with Crippen molar-refractivity contribution in [2.24, 2.45) is 0 Å². The van der Waals surface area contributed by atoms with Gasteiger partial charge in [-0.25, -0.2) is 0 Å². The predicted molar refractivity (Wildman–Crippen MR) is 141 cm³/mol. The van der Waals surface area contributed by atoms with Gasteiger partial charge in [0.25, 0.3) is 11.7 Å². The summed E-state index contributed by atoms with van der Waals surface area (Å²) in [5, 5.41) is 11.9. The van der Waals surface area contributed by atoms with E-state index in [9.17, 15) is 14.7 Å². The Balaban J connectivity index is 1.86.